The van der Waals surface area contributed by atoms with Gasteiger partial charge in [0.25, 0.3) is 0 Å². The van der Waals surface area contributed by atoms with Crippen LogP contribution in [-0.4, -0.2) is 37.1 Å². The van der Waals surface area contributed by atoms with Gasteiger partial charge in [0.1, 0.15) is 0 Å². The quantitative estimate of drug-likeness (QED) is 0.816. The maximum atomic E-state index is 12.3. The van der Waals surface area contributed by atoms with Crippen molar-refractivity contribution in [2.75, 3.05) is 26.2 Å². The van der Waals surface area contributed by atoms with E-state index in [4.69, 9.17) is 10.5 Å². The van der Waals surface area contributed by atoms with Crippen LogP contribution in [0.2, 0.25) is 0 Å². The summed E-state index contributed by atoms with van der Waals surface area (Å²) in [4.78, 5) is 14.7. The normalized spacial score (nSPS) is 18.4. The van der Waals surface area contributed by atoms with Gasteiger partial charge in [0, 0.05) is 6.54 Å². The first-order valence-electron chi connectivity index (χ1n) is 7.84. The highest BCUT2D eigenvalue weighted by Crippen LogP contribution is 2.36. The molecule has 0 saturated carbocycles. The summed E-state index contributed by atoms with van der Waals surface area (Å²) in [5.74, 6) is -0.0604. The molecule has 1 fully saturated rings. The van der Waals surface area contributed by atoms with E-state index in [1.54, 1.807) is 0 Å². The molecule has 1 aromatic rings. The first-order valence-corrected chi connectivity index (χ1v) is 7.84. The highest BCUT2D eigenvalue weighted by atomic mass is 16.5. The lowest BCUT2D eigenvalue weighted by atomic mass is 9.75. The number of nitrogens with two attached hydrogens (primary N) is 1. The Balaban J connectivity index is 1.94. The van der Waals surface area contributed by atoms with E-state index in [1.807, 2.05) is 13.0 Å². The smallest absolute Gasteiger partial charge is 0.312 e. The second-order valence-electron chi connectivity index (χ2n) is 5.80. The van der Waals surface area contributed by atoms with Crippen LogP contribution in [0.1, 0.15) is 31.7 Å². The minimum atomic E-state index is -0.363. The van der Waals surface area contributed by atoms with Crippen molar-refractivity contribution >= 4 is 5.97 Å². The zero-order valence-corrected chi connectivity index (χ0v) is 12.9. The number of hydrogen-bond acceptors (Lipinski definition) is 4. The molecular weight excluding hydrogens is 264 g/mol. The van der Waals surface area contributed by atoms with Gasteiger partial charge in [-0.3, -0.25) is 9.69 Å². The molecule has 116 valence electrons. The van der Waals surface area contributed by atoms with Gasteiger partial charge in [-0.2, -0.15) is 0 Å². The van der Waals surface area contributed by atoms with Crippen LogP contribution in [-0.2, 0) is 16.1 Å². The number of piperidine rings is 1. The molecule has 0 atom stereocenters. The molecular formula is C17H26N2O2. The van der Waals surface area contributed by atoms with Crippen molar-refractivity contribution < 1.29 is 9.53 Å². The largest absolute Gasteiger partial charge is 0.466 e. The summed E-state index contributed by atoms with van der Waals surface area (Å²) in [6.07, 6.45) is 2.41. The van der Waals surface area contributed by atoms with Crippen molar-refractivity contribution in [3.05, 3.63) is 35.9 Å². The van der Waals surface area contributed by atoms with Gasteiger partial charge in [-0.1, -0.05) is 30.3 Å². The van der Waals surface area contributed by atoms with Gasteiger partial charge in [0.15, 0.2) is 0 Å². The Bertz CT molecular complexity index is 439. The monoisotopic (exact) mass is 290 g/mol. The molecule has 0 radical (unpaired) electrons. The summed E-state index contributed by atoms with van der Waals surface area (Å²) in [6.45, 7) is 5.64. The fraction of sp³-hybridized carbons (Fsp3) is 0.588. The van der Waals surface area contributed by atoms with E-state index in [2.05, 4.69) is 29.2 Å². The van der Waals surface area contributed by atoms with Gasteiger partial charge >= 0.3 is 5.97 Å². The maximum absolute atomic E-state index is 12.3. The van der Waals surface area contributed by atoms with Crippen molar-refractivity contribution in [3.63, 3.8) is 0 Å². The van der Waals surface area contributed by atoms with E-state index < -0.39 is 0 Å². The number of likely N-dealkylation sites (tertiary alicyclic amines) is 1. The minimum Gasteiger partial charge on any atom is -0.466 e. The average molecular weight is 290 g/mol. The van der Waals surface area contributed by atoms with E-state index in [-0.39, 0.29) is 11.4 Å². The van der Waals surface area contributed by atoms with Gasteiger partial charge in [0.05, 0.1) is 12.0 Å². The standard InChI is InChI=1S/C17H26N2O2/c1-2-21-16(20)17(8-11-18)9-12-19(13-10-17)14-15-6-4-3-5-7-15/h3-7H,2,8-14,18H2,1H3. The first-order chi connectivity index (χ1) is 10.2. The van der Waals surface area contributed by atoms with E-state index >= 15 is 0 Å². The molecule has 4 heteroatoms. The number of benzene rings is 1. The summed E-state index contributed by atoms with van der Waals surface area (Å²) in [5.41, 5.74) is 6.67. The first kappa shape index (κ1) is 16.0. The molecule has 2 rings (SSSR count). The Hall–Kier alpha value is -1.39. The topological polar surface area (TPSA) is 55.6 Å². The second kappa shape index (κ2) is 7.57. The number of hydrogen-bond donors (Lipinski definition) is 1. The molecule has 21 heavy (non-hydrogen) atoms. The number of rotatable bonds is 6. The molecule has 4 nitrogen and oxygen atoms in total. The lowest BCUT2D eigenvalue weighted by molar-refractivity contribution is -0.159. The van der Waals surface area contributed by atoms with Crippen LogP contribution in [0, 0.1) is 5.41 Å². The minimum absolute atomic E-state index is 0.0604. The third kappa shape index (κ3) is 4.05. The lowest BCUT2D eigenvalue weighted by Crippen LogP contribution is -2.45. The van der Waals surface area contributed by atoms with Gasteiger partial charge < -0.3 is 10.5 Å². The van der Waals surface area contributed by atoms with Gasteiger partial charge in [0.2, 0.25) is 0 Å². The van der Waals surface area contributed by atoms with Gasteiger partial charge in [-0.05, 0) is 51.4 Å². The Labute approximate surface area is 127 Å². The fourth-order valence-electron chi connectivity index (χ4n) is 3.10. The molecule has 0 unspecified atom stereocenters. The molecule has 0 bridgehead atoms. The van der Waals surface area contributed by atoms with Crippen LogP contribution in [0.25, 0.3) is 0 Å². The number of ether oxygens (including phenoxy) is 1. The summed E-state index contributed by atoms with van der Waals surface area (Å²) < 4.78 is 5.28. The van der Waals surface area contributed by atoms with E-state index in [9.17, 15) is 4.79 Å². The molecule has 1 aliphatic rings. The maximum Gasteiger partial charge on any atom is 0.312 e. The summed E-state index contributed by atoms with van der Waals surface area (Å²) >= 11 is 0. The van der Waals surface area contributed by atoms with Crippen LogP contribution >= 0.6 is 0 Å². The number of carbonyl (C=O) groups is 1. The van der Waals surface area contributed by atoms with Crippen LogP contribution in [0.15, 0.2) is 30.3 Å². The average Bonchev–Trinajstić information content (AvgIpc) is 2.51. The molecule has 1 aliphatic heterocycles. The molecule has 2 N–H and O–H groups in total. The Morgan fingerprint density at radius 2 is 1.95 bits per heavy atom. The third-order valence-electron chi connectivity index (χ3n) is 4.39. The van der Waals surface area contributed by atoms with Crippen LogP contribution in [0.4, 0.5) is 0 Å². The van der Waals surface area contributed by atoms with Crippen molar-refractivity contribution in [2.45, 2.75) is 32.7 Å². The second-order valence-corrected chi connectivity index (χ2v) is 5.80. The zero-order valence-electron chi connectivity index (χ0n) is 12.9. The van der Waals surface area contributed by atoms with Crippen LogP contribution in [0.3, 0.4) is 0 Å². The molecule has 0 aromatic heterocycles. The van der Waals surface area contributed by atoms with Crippen molar-refractivity contribution in [1.82, 2.24) is 4.90 Å². The molecule has 0 aliphatic carbocycles. The Morgan fingerprint density at radius 3 is 2.52 bits per heavy atom. The van der Waals surface area contributed by atoms with E-state index in [1.165, 1.54) is 5.56 Å². The highest BCUT2D eigenvalue weighted by Gasteiger charge is 2.41. The lowest BCUT2D eigenvalue weighted by Gasteiger charge is -2.39. The fourth-order valence-corrected chi connectivity index (χ4v) is 3.10. The Morgan fingerprint density at radius 1 is 1.29 bits per heavy atom. The van der Waals surface area contributed by atoms with Crippen LogP contribution < -0.4 is 5.73 Å². The molecule has 1 aromatic carbocycles. The van der Waals surface area contributed by atoms with Crippen molar-refractivity contribution in [2.24, 2.45) is 11.1 Å². The predicted octanol–water partition coefficient (Wildman–Crippen LogP) is 2.18. The summed E-state index contributed by atoms with van der Waals surface area (Å²) in [6, 6.07) is 10.5. The van der Waals surface area contributed by atoms with E-state index in [0.29, 0.717) is 13.2 Å². The molecule has 0 spiro atoms. The number of esters is 1. The predicted molar refractivity (Wildman–Crippen MR) is 83.7 cm³/mol. The van der Waals surface area contributed by atoms with Crippen LogP contribution in [0.5, 0.6) is 0 Å². The zero-order chi connectivity index (χ0) is 15.1. The van der Waals surface area contributed by atoms with Gasteiger partial charge in [-0.25, -0.2) is 0 Å². The highest BCUT2D eigenvalue weighted by molar-refractivity contribution is 5.77. The van der Waals surface area contributed by atoms with E-state index in [0.717, 1.165) is 38.9 Å². The number of carbonyl (C=O) groups excluding carboxylic acids is 1. The third-order valence-corrected chi connectivity index (χ3v) is 4.39. The van der Waals surface area contributed by atoms with Crippen molar-refractivity contribution in [3.8, 4) is 0 Å². The number of nitrogens with zero attached hydrogens (tertiary/aromatic N) is 1. The summed E-state index contributed by atoms with van der Waals surface area (Å²) in [7, 11) is 0. The molecule has 1 saturated heterocycles. The van der Waals surface area contributed by atoms with Gasteiger partial charge in [-0.15, -0.1) is 0 Å². The SMILES string of the molecule is CCOC(=O)C1(CCN)CCN(Cc2ccccc2)CC1. The Kier molecular flexibility index (Phi) is 5.76. The summed E-state index contributed by atoms with van der Waals surface area (Å²) in [5, 5.41) is 0. The van der Waals surface area contributed by atoms with Crippen molar-refractivity contribution in [1.29, 1.82) is 0 Å². The molecule has 0 amide bonds. The molecule has 1 heterocycles.